The summed E-state index contributed by atoms with van der Waals surface area (Å²) in [5.41, 5.74) is 0.562. The Kier molecular flexibility index (Phi) is 5.24. The van der Waals surface area contributed by atoms with Crippen molar-refractivity contribution < 1.29 is 24.5 Å². The molecule has 1 heterocycles. The second kappa shape index (κ2) is 6.69. The van der Waals surface area contributed by atoms with E-state index in [2.05, 4.69) is 9.97 Å². The van der Waals surface area contributed by atoms with E-state index in [1.54, 1.807) is 13.0 Å². The number of carboxylic acid groups (broad SMARTS) is 2. The molecule has 0 spiro atoms. The smallest absolute Gasteiger partial charge is 0.323 e. The SMILES string of the molecule is Cc1cc(OC(C)C)nc(N(CC(=O)O)CC(=O)O)n1. The Labute approximate surface area is 116 Å². The van der Waals surface area contributed by atoms with E-state index in [0.717, 1.165) is 4.90 Å². The van der Waals surface area contributed by atoms with E-state index >= 15 is 0 Å². The first-order valence-electron chi connectivity index (χ1n) is 5.98. The third-order valence-corrected chi connectivity index (χ3v) is 2.11. The van der Waals surface area contributed by atoms with Crippen LogP contribution in [0, 0.1) is 6.92 Å². The van der Waals surface area contributed by atoms with Gasteiger partial charge in [0.2, 0.25) is 11.8 Å². The number of aromatic nitrogens is 2. The molecule has 0 bridgehead atoms. The van der Waals surface area contributed by atoms with Crippen LogP contribution in [0.1, 0.15) is 19.5 Å². The lowest BCUT2D eigenvalue weighted by molar-refractivity contribution is -0.136. The largest absolute Gasteiger partial charge is 0.480 e. The van der Waals surface area contributed by atoms with Gasteiger partial charge in [-0.05, 0) is 20.8 Å². The zero-order valence-electron chi connectivity index (χ0n) is 11.5. The summed E-state index contributed by atoms with van der Waals surface area (Å²) in [4.78, 5) is 30.7. The van der Waals surface area contributed by atoms with Crippen LogP contribution < -0.4 is 9.64 Å². The molecule has 110 valence electrons. The highest BCUT2D eigenvalue weighted by Gasteiger charge is 2.18. The topological polar surface area (TPSA) is 113 Å². The fourth-order valence-electron chi connectivity index (χ4n) is 1.49. The van der Waals surface area contributed by atoms with Gasteiger partial charge in [-0.15, -0.1) is 0 Å². The van der Waals surface area contributed by atoms with Crippen molar-refractivity contribution in [1.82, 2.24) is 9.97 Å². The molecule has 8 heteroatoms. The molecule has 0 saturated carbocycles. The van der Waals surface area contributed by atoms with E-state index in [9.17, 15) is 9.59 Å². The highest BCUT2D eigenvalue weighted by atomic mass is 16.5. The van der Waals surface area contributed by atoms with Crippen LogP contribution >= 0.6 is 0 Å². The van der Waals surface area contributed by atoms with Crippen molar-refractivity contribution in [1.29, 1.82) is 0 Å². The van der Waals surface area contributed by atoms with Gasteiger partial charge in [-0.1, -0.05) is 0 Å². The highest BCUT2D eigenvalue weighted by Crippen LogP contribution is 2.16. The van der Waals surface area contributed by atoms with Gasteiger partial charge in [0, 0.05) is 11.8 Å². The van der Waals surface area contributed by atoms with Crippen LogP contribution in [-0.2, 0) is 9.59 Å². The average molecular weight is 283 g/mol. The number of ether oxygens (including phenoxy) is 1. The first-order chi connectivity index (χ1) is 9.27. The van der Waals surface area contributed by atoms with Gasteiger partial charge in [0.15, 0.2) is 0 Å². The van der Waals surface area contributed by atoms with Crippen LogP contribution in [0.4, 0.5) is 5.95 Å². The zero-order chi connectivity index (χ0) is 15.3. The summed E-state index contributed by atoms with van der Waals surface area (Å²) in [5.74, 6) is -2.03. The van der Waals surface area contributed by atoms with Crippen molar-refractivity contribution in [2.45, 2.75) is 26.9 Å². The molecule has 0 radical (unpaired) electrons. The fraction of sp³-hybridized carbons (Fsp3) is 0.500. The number of nitrogens with zero attached hydrogens (tertiary/aromatic N) is 3. The molecule has 0 saturated heterocycles. The summed E-state index contributed by atoms with van der Waals surface area (Å²) < 4.78 is 5.42. The third-order valence-electron chi connectivity index (χ3n) is 2.11. The monoisotopic (exact) mass is 283 g/mol. The van der Waals surface area contributed by atoms with Crippen molar-refractivity contribution in [3.05, 3.63) is 11.8 Å². The van der Waals surface area contributed by atoms with Crippen molar-refractivity contribution >= 4 is 17.9 Å². The maximum Gasteiger partial charge on any atom is 0.323 e. The molecule has 0 aliphatic rings. The summed E-state index contributed by atoms with van der Waals surface area (Å²) >= 11 is 0. The molecule has 0 fully saturated rings. The van der Waals surface area contributed by atoms with Gasteiger partial charge >= 0.3 is 11.9 Å². The molecule has 0 aliphatic carbocycles. The lowest BCUT2D eigenvalue weighted by atomic mass is 10.4. The summed E-state index contributed by atoms with van der Waals surface area (Å²) in [6, 6.07) is 1.60. The number of aryl methyl sites for hydroxylation is 1. The summed E-state index contributed by atoms with van der Waals surface area (Å²) in [5, 5.41) is 17.6. The number of hydrogen-bond acceptors (Lipinski definition) is 6. The Hall–Kier alpha value is -2.38. The molecule has 1 aromatic heterocycles. The molecule has 1 aromatic rings. The lowest BCUT2D eigenvalue weighted by Crippen LogP contribution is -2.36. The average Bonchev–Trinajstić information content (AvgIpc) is 2.24. The Bertz CT molecular complexity index is 488. The van der Waals surface area contributed by atoms with Gasteiger partial charge in [-0.2, -0.15) is 4.98 Å². The molecule has 0 amide bonds. The van der Waals surface area contributed by atoms with Gasteiger partial charge < -0.3 is 19.8 Å². The van der Waals surface area contributed by atoms with E-state index in [4.69, 9.17) is 14.9 Å². The van der Waals surface area contributed by atoms with Crippen LogP contribution in [0.25, 0.3) is 0 Å². The first-order valence-corrected chi connectivity index (χ1v) is 5.98. The minimum absolute atomic E-state index is 0.0189. The van der Waals surface area contributed by atoms with Gasteiger partial charge in [0.25, 0.3) is 0 Å². The van der Waals surface area contributed by atoms with Crippen molar-refractivity contribution in [2.24, 2.45) is 0 Å². The molecule has 0 atom stereocenters. The van der Waals surface area contributed by atoms with Gasteiger partial charge in [-0.25, -0.2) is 4.98 Å². The number of aliphatic carboxylic acids is 2. The third kappa shape index (κ3) is 5.09. The second-order valence-electron chi connectivity index (χ2n) is 4.46. The predicted octanol–water partition coefficient (Wildman–Crippen LogP) is 0.548. The maximum absolute atomic E-state index is 10.8. The Morgan fingerprint density at radius 2 is 1.80 bits per heavy atom. The van der Waals surface area contributed by atoms with E-state index in [0.29, 0.717) is 5.69 Å². The number of hydrogen-bond donors (Lipinski definition) is 2. The fourth-order valence-corrected chi connectivity index (χ4v) is 1.49. The summed E-state index contributed by atoms with van der Waals surface area (Å²) in [7, 11) is 0. The van der Waals surface area contributed by atoms with E-state index in [1.165, 1.54) is 0 Å². The standard InChI is InChI=1S/C12H17N3O5/c1-7(2)20-9-4-8(3)13-12(14-9)15(5-10(16)17)6-11(18)19/h4,7H,5-6H2,1-3H3,(H,16,17)(H,18,19). The van der Waals surface area contributed by atoms with E-state index in [-0.39, 0.29) is 17.9 Å². The van der Waals surface area contributed by atoms with Gasteiger partial charge in [0.1, 0.15) is 13.1 Å². The molecule has 1 rings (SSSR count). The van der Waals surface area contributed by atoms with Crippen LogP contribution in [0.5, 0.6) is 5.88 Å². The van der Waals surface area contributed by atoms with Crippen LogP contribution in [0.3, 0.4) is 0 Å². The Morgan fingerprint density at radius 3 is 2.25 bits per heavy atom. The summed E-state index contributed by atoms with van der Waals surface area (Å²) in [6.45, 7) is 4.33. The van der Waals surface area contributed by atoms with Crippen LogP contribution in [0.15, 0.2) is 6.07 Å². The molecule has 0 unspecified atom stereocenters. The minimum Gasteiger partial charge on any atom is -0.480 e. The normalized spacial score (nSPS) is 10.4. The number of anilines is 1. The number of rotatable bonds is 7. The molecule has 0 aromatic carbocycles. The first kappa shape index (κ1) is 15.7. The van der Waals surface area contributed by atoms with E-state index < -0.39 is 25.0 Å². The van der Waals surface area contributed by atoms with E-state index in [1.807, 2.05) is 13.8 Å². The Morgan fingerprint density at radius 1 is 1.25 bits per heavy atom. The summed E-state index contributed by atoms with van der Waals surface area (Å²) in [6.07, 6.45) is -0.107. The molecule has 0 aliphatic heterocycles. The lowest BCUT2D eigenvalue weighted by Gasteiger charge is -2.19. The molecular formula is C12H17N3O5. The molecule has 2 N–H and O–H groups in total. The number of carbonyl (C=O) groups is 2. The maximum atomic E-state index is 10.8. The zero-order valence-corrected chi connectivity index (χ0v) is 11.5. The number of carboxylic acids is 2. The molecule has 20 heavy (non-hydrogen) atoms. The quantitative estimate of drug-likeness (QED) is 0.745. The minimum atomic E-state index is -1.16. The van der Waals surface area contributed by atoms with Crippen LogP contribution in [0.2, 0.25) is 0 Å². The van der Waals surface area contributed by atoms with Crippen LogP contribution in [-0.4, -0.2) is 51.3 Å². The highest BCUT2D eigenvalue weighted by molar-refractivity contribution is 5.78. The Balaban J connectivity index is 3.07. The van der Waals surface area contributed by atoms with Crippen molar-refractivity contribution in [3.8, 4) is 5.88 Å². The van der Waals surface area contributed by atoms with Crippen molar-refractivity contribution in [3.63, 3.8) is 0 Å². The molecule has 8 nitrogen and oxygen atoms in total. The molecular weight excluding hydrogens is 266 g/mol. The predicted molar refractivity (Wildman–Crippen MR) is 70.0 cm³/mol. The van der Waals surface area contributed by atoms with Crippen molar-refractivity contribution in [2.75, 3.05) is 18.0 Å². The van der Waals surface area contributed by atoms with Gasteiger partial charge in [0.05, 0.1) is 6.10 Å². The second-order valence-corrected chi connectivity index (χ2v) is 4.46. The van der Waals surface area contributed by atoms with Gasteiger partial charge in [-0.3, -0.25) is 9.59 Å².